The summed E-state index contributed by atoms with van der Waals surface area (Å²) in [7, 11) is 3.15. The van der Waals surface area contributed by atoms with E-state index in [0.29, 0.717) is 28.1 Å². The van der Waals surface area contributed by atoms with E-state index in [2.05, 4.69) is 5.32 Å². The monoisotopic (exact) mass is 344 g/mol. The summed E-state index contributed by atoms with van der Waals surface area (Å²) < 4.78 is 15.8. The number of nitrogens with one attached hydrogen (secondary N) is 1. The Morgan fingerprint density at radius 3 is 2.79 bits per heavy atom. The number of furan rings is 1. The molecule has 0 atom stereocenters. The number of thiocarbonyl (C=S) groups is 1. The number of nitrogens with zero attached hydrogens (tertiary/aromatic N) is 1. The van der Waals surface area contributed by atoms with E-state index in [1.165, 1.54) is 4.90 Å². The van der Waals surface area contributed by atoms with E-state index in [9.17, 15) is 4.79 Å². The normalized spacial score (nSPS) is 15.8. The molecule has 0 aliphatic carbocycles. The van der Waals surface area contributed by atoms with E-state index < -0.39 is 0 Å². The van der Waals surface area contributed by atoms with Crippen molar-refractivity contribution in [1.82, 2.24) is 10.2 Å². The van der Waals surface area contributed by atoms with Gasteiger partial charge in [0.15, 0.2) is 5.11 Å². The number of carbonyl (C=O) groups is 1. The van der Waals surface area contributed by atoms with Crippen LogP contribution < -0.4 is 14.8 Å². The number of methoxy groups -OCH3 is 2. The number of ether oxygens (including phenoxy) is 2. The van der Waals surface area contributed by atoms with Crippen LogP contribution in [0.2, 0.25) is 0 Å². The SMILES string of the molecule is COc1ccc(OC)c(/C=C2/NC(=S)N(Cc3ccco3)C2=O)c1. The molecule has 2 heterocycles. The van der Waals surface area contributed by atoms with E-state index in [1.54, 1.807) is 56.9 Å². The smallest absolute Gasteiger partial charge is 0.276 e. The molecule has 1 amide bonds. The first-order valence-electron chi connectivity index (χ1n) is 7.21. The highest BCUT2D eigenvalue weighted by molar-refractivity contribution is 7.80. The molecule has 24 heavy (non-hydrogen) atoms. The van der Waals surface area contributed by atoms with Gasteiger partial charge in [-0.2, -0.15) is 0 Å². The third-order valence-electron chi connectivity index (χ3n) is 3.59. The third kappa shape index (κ3) is 3.11. The van der Waals surface area contributed by atoms with Gasteiger partial charge in [0.2, 0.25) is 0 Å². The van der Waals surface area contributed by atoms with Crippen LogP contribution >= 0.6 is 12.2 Å². The molecule has 2 aromatic rings. The van der Waals surface area contributed by atoms with Crippen LogP contribution in [0.3, 0.4) is 0 Å². The van der Waals surface area contributed by atoms with Gasteiger partial charge < -0.3 is 19.2 Å². The minimum atomic E-state index is -0.221. The van der Waals surface area contributed by atoms with Crippen molar-refractivity contribution in [3.8, 4) is 11.5 Å². The standard InChI is InChI=1S/C17H16N2O4S/c1-21-12-5-6-15(22-2)11(8-12)9-14-16(20)19(17(24)18-14)10-13-4-3-7-23-13/h3-9H,10H2,1-2H3,(H,18,24)/b14-9+. The van der Waals surface area contributed by atoms with Gasteiger partial charge in [-0.25, -0.2) is 0 Å². The molecule has 1 aliphatic heterocycles. The molecule has 3 rings (SSSR count). The lowest BCUT2D eigenvalue weighted by Gasteiger charge is -2.11. The Labute approximate surface area is 144 Å². The van der Waals surface area contributed by atoms with E-state index in [4.69, 9.17) is 26.1 Å². The number of hydrogen-bond acceptors (Lipinski definition) is 5. The fourth-order valence-corrected chi connectivity index (χ4v) is 2.64. The van der Waals surface area contributed by atoms with Gasteiger partial charge >= 0.3 is 0 Å². The molecule has 0 radical (unpaired) electrons. The van der Waals surface area contributed by atoms with Crippen LogP contribution in [0.15, 0.2) is 46.7 Å². The highest BCUT2D eigenvalue weighted by atomic mass is 32.1. The van der Waals surface area contributed by atoms with Crippen molar-refractivity contribution in [2.24, 2.45) is 0 Å². The summed E-state index contributed by atoms with van der Waals surface area (Å²) in [5.74, 6) is 1.74. The average Bonchev–Trinajstić information content (AvgIpc) is 3.19. The van der Waals surface area contributed by atoms with Crippen LogP contribution in [0.5, 0.6) is 11.5 Å². The summed E-state index contributed by atoms with van der Waals surface area (Å²) in [5.41, 5.74) is 1.09. The van der Waals surface area contributed by atoms with E-state index in [1.807, 2.05) is 0 Å². The summed E-state index contributed by atoms with van der Waals surface area (Å²) in [4.78, 5) is 14.0. The lowest BCUT2D eigenvalue weighted by molar-refractivity contribution is -0.122. The van der Waals surface area contributed by atoms with Crippen molar-refractivity contribution < 1.29 is 18.7 Å². The molecule has 0 spiro atoms. The molecule has 1 N–H and O–H groups in total. The molecule has 1 aromatic carbocycles. The van der Waals surface area contributed by atoms with Crippen LogP contribution in [0.1, 0.15) is 11.3 Å². The molecule has 7 heteroatoms. The van der Waals surface area contributed by atoms with E-state index in [-0.39, 0.29) is 12.5 Å². The first-order valence-corrected chi connectivity index (χ1v) is 7.62. The van der Waals surface area contributed by atoms with Crippen molar-refractivity contribution in [1.29, 1.82) is 0 Å². The predicted octanol–water partition coefficient (Wildman–Crippen LogP) is 2.55. The average molecular weight is 344 g/mol. The number of carbonyl (C=O) groups excluding carboxylic acids is 1. The van der Waals surface area contributed by atoms with E-state index in [0.717, 1.165) is 5.56 Å². The van der Waals surface area contributed by atoms with Crippen molar-refractivity contribution in [3.05, 3.63) is 53.6 Å². The molecule has 0 bridgehead atoms. The maximum atomic E-state index is 12.6. The van der Waals surface area contributed by atoms with Crippen molar-refractivity contribution >= 4 is 29.3 Å². The second kappa shape index (κ2) is 6.76. The topological polar surface area (TPSA) is 63.9 Å². The quantitative estimate of drug-likeness (QED) is 0.664. The number of rotatable bonds is 5. The second-order valence-corrected chi connectivity index (χ2v) is 5.45. The Balaban J connectivity index is 1.88. The first-order chi connectivity index (χ1) is 11.6. The summed E-state index contributed by atoms with van der Waals surface area (Å²) in [6, 6.07) is 8.92. The third-order valence-corrected chi connectivity index (χ3v) is 3.92. The Bertz CT molecular complexity index is 799. The maximum Gasteiger partial charge on any atom is 0.276 e. The Kier molecular flexibility index (Phi) is 4.52. The molecule has 1 aromatic heterocycles. The molecule has 6 nitrogen and oxygen atoms in total. The number of amides is 1. The van der Waals surface area contributed by atoms with Gasteiger partial charge in [0.25, 0.3) is 5.91 Å². The largest absolute Gasteiger partial charge is 0.497 e. The maximum absolute atomic E-state index is 12.6. The fourth-order valence-electron chi connectivity index (χ4n) is 2.38. The van der Waals surface area contributed by atoms with Crippen LogP contribution in [0.25, 0.3) is 6.08 Å². The minimum Gasteiger partial charge on any atom is -0.497 e. The van der Waals surface area contributed by atoms with Crippen LogP contribution in [0, 0.1) is 0 Å². The minimum absolute atomic E-state index is 0.221. The molecular formula is C17H16N2O4S. The molecule has 1 fully saturated rings. The van der Waals surface area contributed by atoms with E-state index >= 15 is 0 Å². The van der Waals surface area contributed by atoms with Crippen molar-refractivity contribution in [3.63, 3.8) is 0 Å². The zero-order valence-electron chi connectivity index (χ0n) is 13.2. The predicted molar refractivity (Wildman–Crippen MR) is 92.5 cm³/mol. The Hall–Kier alpha value is -2.80. The summed E-state index contributed by atoms with van der Waals surface area (Å²) in [6.07, 6.45) is 3.25. The van der Waals surface area contributed by atoms with Crippen LogP contribution in [0.4, 0.5) is 0 Å². The summed E-state index contributed by atoms with van der Waals surface area (Å²) in [5, 5.41) is 3.27. The highest BCUT2D eigenvalue weighted by Gasteiger charge is 2.31. The molecule has 0 saturated carbocycles. The Morgan fingerprint density at radius 2 is 2.12 bits per heavy atom. The highest BCUT2D eigenvalue weighted by Crippen LogP contribution is 2.27. The van der Waals surface area contributed by atoms with Gasteiger partial charge in [0.1, 0.15) is 23.0 Å². The lowest BCUT2D eigenvalue weighted by atomic mass is 10.1. The van der Waals surface area contributed by atoms with Gasteiger partial charge in [0.05, 0.1) is 27.0 Å². The molecule has 1 aliphatic rings. The zero-order chi connectivity index (χ0) is 17.1. The first kappa shape index (κ1) is 16.1. The molecular weight excluding hydrogens is 328 g/mol. The zero-order valence-corrected chi connectivity index (χ0v) is 14.1. The van der Waals surface area contributed by atoms with Gasteiger partial charge in [-0.15, -0.1) is 0 Å². The fraction of sp³-hybridized carbons (Fsp3) is 0.176. The Morgan fingerprint density at radius 1 is 1.29 bits per heavy atom. The van der Waals surface area contributed by atoms with Crippen molar-refractivity contribution in [2.75, 3.05) is 14.2 Å². The van der Waals surface area contributed by atoms with Crippen LogP contribution in [-0.2, 0) is 11.3 Å². The summed E-state index contributed by atoms with van der Waals surface area (Å²) >= 11 is 5.25. The molecule has 0 unspecified atom stereocenters. The summed E-state index contributed by atoms with van der Waals surface area (Å²) in [6.45, 7) is 0.282. The molecule has 1 saturated heterocycles. The second-order valence-electron chi connectivity index (χ2n) is 5.07. The lowest BCUT2D eigenvalue weighted by Crippen LogP contribution is -2.29. The van der Waals surface area contributed by atoms with Gasteiger partial charge in [-0.05, 0) is 48.6 Å². The number of hydrogen-bond donors (Lipinski definition) is 1. The van der Waals surface area contributed by atoms with Gasteiger partial charge in [0, 0.05) is 5.56 Å². The van der Waals surface area contributed by atoms with Gasteiger partial charge in [-0.1, -0.05) is 0 Å². The number of benzene rings is 1. The van der Waals surface area contributed by atoms with Gasteiger partial charge in [-0.3, -0.25) is 9.69 Å². The van der Waals surface area contributed by atoms with Crippen LogP contribution in [-0.4, -0.2) is 30.1 Å². The van der Waals surface area contributed by atoms with Crippen molar-refractivity contribution in [2.45, 2.75) is 6.54 Å². The molecule has 124 valence electrons.